The highest BCUT2D eigenvalue weighted by Gasteiger charge is 2.24. The Morgan fingerprint density at radius 2 is 2.35 bits per heavy atom. The molecule has 1 aliphatic heterocycles. The Balaban J connectivity index is 2.03. The van der Waals surface area contributed by atoms with E-state index in [1.807, 2.05) is 30.0 Å². The highest BCUT2D eigenvalue weighted by molar-refractivity contribution is 5.82. The van der Waals surface area contributed by atoms with Crippen LogP contribution < -0.4 is 20.7 Å². The van der Waals surface area contributed by atoms with E-state index in [2.05, 4.69) is 12.2 Å². The zero-order chi connectivity index (χ0) is 14.5. The van der Waals surface area contributed by atoms with Crippen molar-refractivity contribution < 1.29 is 9.53 Å². The molecule has 20 heavy (non-hydrogen) atoms. The van der Waals surface area contributed by atoms with Crippen LogP contribution >= 0.6 is 0 Å². The van der Waals surface area contributed by atoms with Crippen LogP contribution in [0.4, 0.5) is 11.4 Å². The van der Waals surface area contributed by atoms with Crippen LogP contribution in [0.25, 0.3) is 0 Å². The maximum atomic E-state index is 12.0. The summed E-state index contributed by atoms with van der Waals surface area (Å²) in [7, 11) is 0. The molecule has 110 valence electrons. The molecule has 0 fully saturated rings. The molecule has 0 aromatic heterocycles. The Morgan fingerprint density at radius 1 is 1.55 bits per heavy atom. The largest absolute Gasteiger partial charge is 0.487 e. The van der Waals surface area contributed by atoms with E-state index in [0.717, 1.165) is 30.8 Å². The first kappa shape index (κ1) is 14.5. The molecular weight excluding hydrogens is 254 g/mol. The lowest BCUT2D eigenvalue weighted by atomic mass is 10.2. The summed E-state index contributed by atoms with van der Waals surface area (Å²) >= 11 is 0. The smallest absolute Gasteiger partial charge is 0.239 e. The molecule has 1 unspecified atom stereocenters. The number of amides is 1. The maximum Gasteiger partial charge on any atom is 0.239 e. The summed E-state index contributed by atoms with van der Waals surface area (Å²) in [6.07, 6.45) is 2.14. The van der Waals surface area contributed by atoms with Crippen molar-refractivity contribution in [1.82, 2.24) is 5.32 Å². The van der Waals surface area contributed by atoms with E-state index in [1.165, 1.54) is 0 Å². The molecule has 1 amide bonds. The summed E-state index contributed by atoms with van der Waals surface area (Å²) < 4.78 is 5.77. The molecule has 3 N–H and O–H groups in total. The number of nitrogens with one attached hydrogen (secondary N) is 1. The number of carbonyl (C=O) groups excluding carboxylic acids is 1. The van der Waals surface area contributed by atoms with Crippen LogP contribution in [0.3, 0.4) is 0 Å². The van der Waals surface area contributed by atoms with E-state index in [9.17, 15) is 4.79 Å². The van der Waals surface area contributed by atoms with Gasteiger partial charge in [-0.3, -0.25) is 4.79 Å². The van der Waals surface area contributed by atoms with Crippen LogP contribution in [-0.2, 0) is 4.79 Å². The quantitative estimate of drug-likeness (QED) is 0.636. The van der Waals surface area contributed by atoms with Gasteiger partial charge in [0, 0.05) is 18.3 Å². The minimum absolute atomic E-state index is 0.0488. The number of nitrogen functional groups attached to an aromatic ring is 1. The Kier molecular flexibility index (Phi) is 4.71. The van der Waals surface area contributed by atoms with Crippen molar-refractivity contribution in [3.63, 3.8) is 0 Å². The first-order valence-electron chi connectivity index (χ1n) is 7.18. The molecule has 0 saturated carbocycles. The maximum absolute atomic E-state index is 12.0. The van der Waals surface area contributed by atoms with Gasteiger partial charge in [0.25, 0.3) is 0 Å². The average molecular weight is 277 g/mol. The normalized spacial score (nSPS) is 17.3. The lowest BCUT2D eigenvalue weighted by Crippen LogP contribution is -2.44. The number of unbranched alkanes of at least 4 members (excludes halogenated alkanes) is 1. The highest BCUT2D eigenvalue weighted by atomic mass is 16.5. The van der Waals surface area contributed by atoms with Crippen molar-refractivity contribution >= 4 is 17.3 Å². The van der Waals surface area contributed by atoms with E-state index in [0.29, 0.717) is 18.8 Å². The zero-order valence-corrected chi connectivity index (χ0v) is 12.2. The van der Waals surface area contributed by atoms with Gasteiger partial charge in [-0.1, -0.05) is 13.3 Å². The monoisotopic (exact) mass is 277 g/mol. The Hall–Kier alpha value is -1.91. The van der Waals surface area contributed by atoms with Gasteiger partial charge in [0.15, 0.2) is 0 Å². The summed E-state index contributed by atoms with van der Waals surface area (Å²) in [5.74, 6) is 0.806. The van der Waals surface area contributed by atoms with Gasteiger partial charge in [-0.05, 0) is 25.5 Å². The van der Waals surface area contributed by atoms with E-state index in [4.69, 9.17) is 10.5 Å². The minimum Gasteiger partial charge on any atom is -0.487 e. The second kappa shape index (κ2) is 6.50. The minimum atomic E-state index is 0.0488. The second-order valence-electron chi connectivity index (χ2n) is 5.24. The molecule has 5 heteroatoms. The van der Waals surface area contributed by atoms with Crippen molar-refractivity contribution in [2.24, 2.45) is 0 Å². The van der Waals surface area contributed by atoms with Crippen molar-refractivity contribution in [1.29, 1.82) is 0 Å². The van der Waals surface area contributed by atoms with Crippen molar-refractivity contribution in [3.05, 3.63) is 18.2 Å². The fourth-order valence-corrected chi connectivity index (χ4v) is 2.33. The molecule has 1 aliphatic rings. The molecule has 0 bridgehead atoms. The summed E-state index contributed by atoms with van der Waals surface area (Å²) in [5.41, 5.74) is 7.38. The van der Waals surface area contributed by atoms with Gasteiger partial charge in [0.2, 0.25) is 5.91 Å². The van der Waals surface area contributed by atoms with Crippen LogP contribution in [0.2, 0.25) is 0 Å². The molecule has 1 aromatic rings. The third-order valence-corrected chi connectivity index (χ3v) is 3.32. The van der Waals surface area contributed by atoms with E-state index in [-0.39, 0.29) is 12.0 Å². The predicted octanol–water partition coefficient (Wildman–Crippen LogP) is 1.77. The van der Waals surface area contributed by atoms with E-state index < -0.39 is 0 Å². The van der Waals surface area contributed by atoms with Crippen LogP contribution in [0.15, 0.2) is 18.2 Å². The number of hydrogen-bond donors (Lipinski definition) is 2. The van der Waals surface area contributed by atoms with E-state index in [1.54, 1.807) is 0 Å². The van der Waals surface area contributed by atoms with Crippen molar-refractivity contribution in [3.8, 4) is 5.75 Å². The first-order chi connectivity index (χ1) is 9.60. The first-order valence-corrected chi connectivity index (χ1v) is 7.18. The lowest BCUT2D eigenvalue weighted by molar-refractivity contribution is -0.119. The third-order valence-electron chi connectivity index (χ3n) is 3.32. The number of rotatable bonds is 5. The average Bonchev–Trinajstić information content (AvgIpc) is 2.38. The molecule has 1 aromatic carbocycles. The van der Waals surface area contributed by atoms with Gasteiger partial charge in [-0.2, -0.15) is 0 Å². The third kappa shape index (κ3) is 3.56. The van der Waals surface area contributed by atoms with Crippen molar-refractivity contribution in [2.45, 2.75) is 32.8 Å². The second-order valence-corrected chi connectivity index (χ2v) is 5.24. The summed E-state index contributed by atoms with van der Waals surface area (Å²) in [6, 6.07) is 5.56. The number of ether oxygens (including phenoxy) is 1. The predicted molar refractivity (Wildman–Crippen MR) is 81.1 cm³/mol. The molecule has 1 heterocycles. The molecule has 5 nitrogen and oxygen atoms in total. The summed E-state index contributed by atoms with van der Waals surface area (Å²) in [5, 5.41) is 2.94. The van der Waals surface area contributed by atoms with Crippen molar-refractivity contribution in [2.75, 3.05) is 30.3 Å². The Bertz CT molecular complexity index is 476. The summed E-state index contributed by atoms with van der Waals surface area (Å²) in [4.78, 5) is 14.0. The molecule has 1 atom stereocenters. The van der Waals surface area contributed by atoms with Gasteiger partial charge in [-0.25, -0.2) is 0 Å². The fourth-order valence-electron chi connectivity index (χ4n) is 2.33. The van der Waals surface area contributed by atoms with Crippen LogP contribution in [0.1, 0.15) is 26.7 Å². The number of nitrogens with two attached hydrogens (primary N) is 1. The summed E-state index contributed by atoms with van der Waals surface area (Å²) in [6.45, 7) is 5.90. The number of carbonyl (C=O) groups is 1. The number of nitrogens with zero attached hydrogens (tertiary/aromatic N) is 1. The molecule has 2 rings (SSSR count). The van der Waals surface area contributed by atoms with E-state index >= 15 is 0 Å². The standard InChI is InChI=1S/C15H23N3O2/c1-3-4-7-17-15(19)10-18-9-11(2)20-14-8-12(16)5-6-13(14)18/h5-6,8,11H,3-4,7,9-10,16H2,1-2H3,(H,17,19). The number of fused-ring (bicyclic) bond motifs is 1. The topological polar surface area (TPSA) is 67.6 Å². The van der Waals surface area contributed by atoms with Gasteiger partial charge in [0.05, 0.1) is 18.8 Å². The molecular formula is C15H23N3O2. The number of hydrogen-bond acceptors (Lipinski definition) is 4. The van der Waals surface area contributed by atoms with Gasteiger partial charge >= 0.3 is 0 Å². The lowest BCUT2D eigenvalue weighted by Gasteiger charge is -2.34. The SMILES string of the molecule is CCCCNC(=O)CN1CC(C)Oc2cc(N)ccc21. The van der Waals surface area contributed by atoms with Gasteiger partial charge in [0.1, 0.15) is 11.9 Å². The highest BCUT2D eigenvalue weighted by Crippen LogP contribution is 2.34. The van der Waals surface area contributed by atoms with Crippen LogP contribution in [0, 0.1) is 0 Å². The van der Waals surface area contributed by atoms with Gasteiger partial charge in [-0.15, -0.1) is 0 Å². The molecule has 0 spiro atoms. The molecule has 0 saturated heterocycles. The Morgan fingerprint density at radius 3 is 3.10 bits per heavy atom. The Labute approximate surface area is 120 Å². The number of benzene rings is 1. The van der Waals surface area contributed by atoms with Gasteiger partial charge < -0.3 is 20.7 Å². The fraction of sp³-hybridized carbons (Fsp3) is 0.533. The van der Waals surface area contributed by atoms with Crippen LogP contribution in [-0.4, -0.2) is 31.6 Å². The molecule has 0 radical (unpaired) electrons. The zero-order valence-electron chi connectivity index (χ0n) is 12.2. The molecule has 0 aliphatic carbocycles. The number of anilines is 2. The van der Waals surface area contributed by atoms with Crippen LogP contribution in [0.5, 0.6) is 5.75 Å².